The third-order valence-corrected chi connectivity index (χ3v) is 25.4. The molecule has 0 saturated heterocycles. The molecule has 14 aliphatic heterocycles. The predicted octanol–water partition coefficient (Wildman–Crippen LogP) is 25.8. The van der Waals surface area contributed by atoms with Crippen LogP contribution in [-0.2, 0) is 121 Å². The first-order valence-electron chi connectivity index (χ1n) is 44.4. The van der Waals surface area contributed by atoms with Gasteiger partial charge in [-0.3, -0.25) is 19.9 Å². The van der Waals surface area contributed by atoms with Crippen LogP contribution in [0.3, 0.4) is 0 Å². The minimum atomic E-state index is -0.302. The SMILES string of the molecule is CC(C)(C)c1cc2c(O)c(c1)Cc1cc(C(C)(C)C)cc3c1OCc1ccc(nc1)-c1ccc(cn1)COc1c4cc(C(C)(C)C)cc1Cc1cc(C(C)(C)C)cc(c1O)Cc1cc(C(C)(C)C)cc(c1OCc1ccc(nc1)-c1ccc(cn1)COc1c(cc(C(C)(C)C)cc1Cc1cc(C(C)(C)C)cc(c1O)C3)C2)Cc1cc(C(C)(C)C)cc(c1O)C4. The van der Waals surface area contributed by atoms with Gasteiger partial charge in [-0.15, -0.1) is 0 Å². The van der Waals surface area contributed by atoms with E-state index in [1.807, 2.05) is 49.1 Å². The van der Waals surface area contributed by atoms with Gasteiger partial charge < -0.3 is 39.4 Å². The standard InChI is InChI=1S/C112H128N4O8/c1-105(2,3)85-41-69-33-77-49-89(109(13,14)15)51-79-35-71-43-86(106(4,5)6)44-72(98(71)118)36-80-52-90(110(16,17)18)50-78(34-70(42-85)97(69)117)102(80)122-62-66-26-30-94(114-58-66)96-32-28-68(60-116-96)64-124-104-82-38-74-46-87(107(7,8)9)45-73(99(74)119)37-81-53-91(111(19,20)21)55-83(103(81)123-63-67-27-31-95(115-59-67)93-29-25-65(57-113-93)61-121-101(77)79)39-75-47-88(108(10,11)12)48-76(100(75)120)40-84(104)56-92(54-82)112(22,23)24/h25-32,41-60,117-120H,33-40,61-64H2,1-24H3. The highest BCUT2D eigenvalue weighted by molar-refractivity contribution is 5.64. The molecule has 0 spiro atoms. The molecule has 0 saturated carbocycles. The molecule has 28 rings (SSSR count). The first-order valence-corrected chi connectivity index (χ1v) is 44.4. The molecule has 644 valence electrons. The number of benzene rings is 8. The molecule has 2 aliphatic carbocycles. The normalized spacial score (nSPS) is 14.5. The molecule has 124 heavy (non-hydrogen) atoms. The quantitative estimate of drug-likeness (QED) is 0.114. The molecule has 4 N–H and O–H groups in total. The van der Waals surface area contributed by atoms with Crippen LogP contribution in [0.25, 0.3) is 22.8 Å². The van der Waals surface area contributed by atoms with Crippen molar-refractivity contribution in [2.45, 2.75) is 287 Å². The fraction of sp³-hybridized carbons (Fsp3) is 0.393. The van der Waals surface area contributed by atoms with Crippen LogP contribution < -0.4 is 18.9 Å². The summed E-state index contributed by atoms with van der Waals surface area (Å²) < 4.78 is 29.3. The van der Waals surface area contributed by atoms with Crippen LogP contribution in [-0.4, -0.2) is 40.4 Å². The summed E-state index contributed by atoms with van der Waals surface area (Å²) in [6.07, 6.45) is 10.2. The summed E-state index contributed by atoms with van der Waals surface area (Å²) in [5, 5.41) is 52.9. The van der Waals surface area contributed by atoms with E-state index in [0.29, 0.717) is 97.1 Å². The van der Waals surface area contributed by atoms with Crippen LogP contribution in [0, 0.1) is 0 Å². The number of phenols is 4. The maximum atomic E-state index is 13.2. The van der Waals surface area contributed by atoms with Crippen molar-refractivity contribution in [3.63, 3.8) is 0 Å². The summed E-state index contributed by atoms with van der Waals surface area (Å²) in [5.41, 5.74) is 26.2. The smallest absolute Gasteiger partial charge is 0.126 e. The molecule has 0 fully saturated rings. The average Bonchev–Trinajstić information content (AvgIpc) is 0.763. The number of fused-ring (bicyclic) bond motifs is 2. The molecule has 4 aromatic heterocycles. The van der Waals surface area contributed by atoms with Gasteiger partial charge in [-0.05, 0) is 201 Å². The highest BCUT2D eigenvalue weighted by Crippen LogP contribution is 2.49. The summed E-state index contributed by atoms with van der Waals surface area (Å²) in [6, 6.07) is 51.7. The Hall–Kier alpha value is -11.2. The Morgan fingerprint density at radius 1 is 0.194 bits per heavy atom. The van der Waals surface area contributed by atoms with Gasteiger partial charge in [0.15, 0.2) is 0 Å². The van der Waals surface area contributed by atoms with Gasteiger partial charge in [0.2, 0.25) is 0 Å². The maximum Gasteiger partial charge on any atom is 0.126 e. The third-order valence-electron chi connectivity index (χ3n) is 25.4. The zero-order valence-corrected chi connectivity index (χ0v) is 77.9. The molecule has 0 amide bonds. The fourth-order valence-electron chi connectivity index (χ4n) is 17.3. The van der Waals surface area contributed by atoms with E-state index >= 15 is 0 Å². The molecule has 16 aliphatic rings. The lowest BCUT2D eigenvalue weighted by atomic mass is 9.79. The summed E-state index contributed by atoms with van der Waals surface area (Å²) in [5.74, 6) is 3.67. The van der Waals surface area contributed by atoms with E-state index in [1.54, 1.807) is 0 Å². The largest absolute Gasteiger partial charge is 0.507 e. The van der Waals surface area contributed by atoms with E-state index in [-0.39, 0.29) is 92.7 Å². The number of aromatic hydroxyl groups is 4. The number of nitrogens with zero attached hydrogens (tertiary/aromatic N) is 4. The van der Waals surface area contributed by atoms with Crippen molar-refractivity contribution in [3.05, 3.63) is 326 Å². The van der Waals surface area contributed by atoms with E-state index in [9.17, 15) is 20.4 Å². The molecule has 18 heterocycles. The van der Waals surface area contributed by atoms with Gasteiger partial charge in [0, 0.05) is 98.4 Å². The minimum Gasteiger partial charge on any atom is -0.507 e. The van der Waals surface area contributed by atoms with Gasteiger partial charge >= 0.3 is 0 Å². The van der Waals surface area contributed by atoms with E-state index in [2.05, 4.69) is 287 Å². The number of hydrogen-bond donors (Lipinski definition) is 4. The first kappa shape index (κ1) is 87.7. The Morgan fingerprint density at radius 3 is 0.435 bits per heavy atom. The lowest BCUT2D eigenvalue weighted by Crippen LogP contribution is -2.16. The third kappa shape index (κ3) is 19.0. The zero-order chi connectivity index (χ0) is 89.0. The average molecular weight is 1660 g/mol. The second-order valence-corrected chi connectivity index (χ2v) is 43.8. The molecule has 0 atom stereocenters. The van der Waals surface area contributed by atoms with E-state index in [0.717, 1.165) is 156 Å². The molecule has 0 radical (unpaired) electrons. The molecule has 12 heteroatoms. The van der Waals surface area contributed by atoms with Crippen LogP contribution >= 0.6 is 0 Å². The molecule has 8 aromatic carbocycles. The summed E-state index contributed by atoms with van der Waals surface area (Å²) in [6.45, 7) is 54.3. The van der Waals surface area contributed by atoms with Crippen molar-refractivity contribution >= 4 is 0 Å². The van der Waals surface area contributed by atoms with Crippen molar-refractivity contribution in [2.75, 3.05) is 0 Å². The molecule has 28 bridgehead atoms. The molecule has 0 unspecified atom stereocenters. The number of pyridine rings is 4. The van der Waals surface area contributed by atoms with Crippen LogP contribution in [0.15, 0.2) is 170 Å². The van der Waals surface area contributed by atoms with Crippen molar-refractivity contribution in [3.8, 4) is 68.8 Å². The number of rotatable bonds is 0. The molecular weight excluding hydrogens is 1530 g/mol. The van der Waals surface area contributed by atoms with Gasteiger partial charge in [0.1, 0.15) is 72.4 Å². The highest BCUT2D eigenvalue weighted by Gasteiger charge is 2.34. The number of ether oxygens (including phenoxy) is 4. The topological polar surface area (TPSA) is 169 Å². The summed E-state index contributed by atoms with van der Waals surface area (Å²) in [4.78, 5) is 20.3. The molecular formula is C112H128N4O8. The second kappa shape index (κ2) is 32.7. The number of phenolic OH excluding ortho intramolecular Hbond substituents is 4. The van der Waals surface area contributed by atoms with Crippen molar-refractivity contribution in [1.82, 2.24) is 19.9 Å². The van der Waals surface area contributed by atoms with Gasteiger partial charge in [-0.1, -0.05) is 287 Å². The highest BCUT2D eigenvalue weighted by atomic mass is 16.5. The van der Waals surface area contributed by atoms with Gasteiger partial charge in [-0.2, -0.15) is 0 Å². The monoisotopic (exact) mass is 1660 g/mol. The van der Waals surface area contributed by atoms with Gasteiger partial charge in [-0.25, -0.2) is 0 Å². The van der Waals surface area contributed by atoms with Crippen LogP contribution in [0.2, 0.25) is 0 Å². The van der Waals surface area contributed by atoms with Crippen molar-refractivity contribution in [1.29, 1.82) is 0 Å². The van der Waals surface area contributed by atoms with Crippen LogP contribution in [0.4, 0.5) is 0 Å². The van der Waals surface area contributed by atoms with Crippen LogP contribution in [0.1, 0.15) is 322 Å². The van der Waals surface area contributed by atoms with Gasteiger partial charge in [0.25, 0.3) is 0 Å². The van der Waals surface area contributed by atoms with E-state index in [4.69, 9.17) is 38.9 Å². The lowest BCUT2D eigenvalue weighted by Gasteiger charge is -2.28. The Bertz CT molecular complexity index is 5130. The molecule has 12 nitrogen and oxygen atoms in total. The van der Waals surface area contributed by atoms with Crippen molar-refractivity contribution < 1.29 is 39.4 Å². The van der Waals surface area contributed by atoms with Crippen LogP contribution in [0.5, 0.6) is 46.0 Å². The second-order valence-electron chi connectivity index (χ2n) is 43.8. The van der Waals surface area contributed by atoms with E-state index < -0.39 is 0 Å². The maximum absolute atomic E-state index is 13.2. The lowest BCUT2D eigenvalue weighted by molar-refractivity contribution is 0.299. The van der Waals surface area contributed by atoms with Crippen molar-refractivity contribution in [2.24, 2.45) is 0 Å². The van der Waals surface area contributed by atoms with Gasteiger partial charge in [0.05, 0.1) is 22.8 Å². The Kier molecular flexibility index (Phi) is 23.1. The number of hydrogen-bond acceptors (Lipinski definition) is 12. The zero-order valence-electron chi connectivity index (χ0n) is 77.9. The summed E-state index contributed by atoms with van der Waals surface area (Å²) >= 11 is 0. The summed E-state index contributed by atoms with van der Waals surface area (Å²) in [7, 11) is 0. The van der Waals surface area contributed by atoms with E-state index in [1.165, 1.54) is 0 Å². The Labute approximate surface area is 737 Å². The fourth-order valence-corrected chi connectivity index (χ4v) is 17.3. The predicted molar refractivity (Wildman–Crippen MR) is 503 cm³/mol. The molecule has 12 aromatic rings. The number of aromatic nitrogens is 4. The first-order chi connectivity index (χ1) is 58.0. The Morgan fingerprint density at radius 2 is 0.323 bits per heavy atom. The minimum absolute atomic E-state index is 0.179. The Balaban J connectivity index is 0.911.